The monoisotopic (exact) mass is 153 g/mol. The van der Waals surface area contributed by atoms with Gasteiger partial charge in [-0.25, -0.2) is 4.79 Å². The Hall–Kier alpha value is -1.58. The van der Waals surface area contributed by atoms with Gasteiger partial charge in [0.05, 0.1) is 0 Å². The molecule has 0 aliphatic carbocycles. The van der Waals surface area contributed by atoms with Gasteiger partial charge in [0.1, 0.15) is 5.69 Å². The molecular formula is C7H7NO3. The summed E-state index contributed by atoms with van der Waals surface area (Å²) in [5.74, 6) is -1.12. The second kappa shape index (κ2) is 2.57. The largest absolute Gasteiger partial charge is 0.477 e. The molecule has 4 nitrogen and oxygen atoms in total. The van der Waals surface area contributed by atoms with Crippen LogP contribution in [-0.4, -0.2) is 16.1 Å². The summed E-state index contributed by atoms with van der Waals surface area (Å²) < 4.78 is 0. The van der Waals surface area contributed by atoms with E-state index in [0.717, 1.165) is 6.07 Å². The van der Waals surface area contributed by atoms with Crippen LogP contribution in [0.5, 0.6) is 0 Å². The van der Waals surface area contributed by atoms with Crippen LogP contribution in [-0.2, 0) is 0 Å². The van der Waals surface area contributed by atoms with E-state index in [9.17, 15) is 9.59 Å². The SMILES string of the molecule is Cc1c[nH]c(C(=O)O)cc1=O. The maximum absolute atomic E-state index is 10.9. The van der Waals surface area contributed by atoms with Crippen molar-refractivity contribution in [3.63, 3.8) is 0 Å². The summed E-state index contributed by atoms with van der Waals surface area (Å²) in [6.07, 6.45) is 1.38. The molecule has 1 aromatic heterocycles. The first-order valence-corrected chi connectivity index (χ1v) is 3.04. The molecule has 0 radical (unpaired) electrons. The van der Waals surface area contributed by atoms with Crippen molar-refractivity contribution >= 4 is 5.97 Å². The number of hydrogen-bond donors (Lipinski definition) is 2. The Labute approximate surface area is 62.5 Å². The molecule has 1 heterocycles. The van der Waals surface area contributed by atoms with Crippen molar-refractivity contribution in [2.45, 2.75) is 6.92 Å². The third-order valence-electron chi connectivity index (χ3n) is 1.34. The average Bonchev–Trinajstić information content (AvgIpc) is 1.94. The van der Waals surface area contributed by atoms with Crippen molar-refractivity contribution in [3.8, 4) is 0 Å². The number of rotatable bonds is 1. The maximum atomic E-state index is 10.9. The van der Waals surface area contributed by atoms with Crippen LogP contribution >= 0.6 is 0 Å². The molecule has 0 amide bonds. The van der Waals surface area contributed by atoms with Gasteiger partial charge in [-0.3, -0.25) is 4.79 Å². The van der Waals surface area contributed by atoms with Crippen LogP contribution in [0.25, 0.3) is 0 Å². The van der Waals surface area contributed by atoms with Gasteiger partial charge >= 0.3 is 5.97 Å². The van der Waals surface area contributed by atoms with E-state index in [4.69, 9.17) is 5.11 Å². The number of aromatic amines is 1. The average molecular weight is 153 g/mol. The van der Waals surface area contributed by atoms with E-state index >= 15 is 0 Å². The highest BCUT2D eigenvalue weighted by Gasteiger charge is 2.03. The number of carbonyl (C=O) groups is 1. The van der Waals surface area contributed by atoms with Crippen molar-refractivity contribution in [2.24, 2.45) is 0 Å². The normalized spacial score (nSPS) is 9.55. The molecule has 0 fully saturated rings. The molecule has 2 N–H and O–H groups in total. The fraction of sp³-hybridized carbons (Fsp3) is 0.143. The highest BCUT2D eigenvalue weighted by molar-refractivity contribution is 5.85. The van der Waals surface area contributed by atoms with Crippen molar-refractivity contribution in [3.05, 3.63) is 33.7 Å². The topological polar surface area (TPSA) is 70.2 Å². The number of carboxylic acid groups (broad SMARTS) is 1. The van der Waals surface area contributed by atoms with Gasteiger partial charge < -0.3 is 10.1 Å². The van der Waals surface area contributed by atoms with Crippen molar-refractivity contribution in [1.82, 2.24) is 4.98 Å². The van der Waals surface area contributed by atoms with E-state index in [1.54, 1.807) is 6.92 Å². The van der Waals surface area contributed by atoms with Gasteiger partial charge in [0.25, 0.3) is 0 Å². The molecule has 0 bridgehead atoms. The zero-order chi connectivity index (χ0) is 8.43. The van der Waals surface area contributed by atoms with Crippen LogP contribution in [0.4, 0.5) is 0 Å². The minimum Gasteiger partial charge on any atom is -0.477 e. The van der Waals surface area contributed by atoms with Crippen LogP contribution < -0.4 is 5.43 Å². The van der Waals surface area contributed by atoms with Crippen molar-refractivity contribution < 1.29 is 9.90 Å². The number of hydrogen-bond acceptors (Lipinski definition) is 2. The minimum atomic E-state index is -1.12. The highest BCUT2D eigenvalue weighted by atomic mass is 16.4. The lowest BCUT2D eigenvalue weighted by molar-refractivity contribution is 0.0690. The Balaban J connectivity index is 3.26. The Morgan fingerprint density at radius 1 is 1.64 bits per heavy atom. The summed E-state index contributed by atoms with van der Waals surface area (Å²) in [5, 5.41) is 8.43. The molecule has 11 heavy (non-hydrogen) atoms. The van der Waals surface area contributed by atoms with Crippen molar-refractivity contribution in [1.29, 1.82) is 0 Å². The lowest BCUT2D eigenvalue weighted by Crippen LogP contribution is -2.10. The Kier molecular flexibility index (Phi) is 1.76. The first-order valence-electron chi connectivity index (χ1n) is 3.04. The number of carboxylic acids is 1. The van der Waals surface area contributed by atoms with E-state index in [1.807, 2.05) is 0 Å². The number of aromatic carboxylic acids is 1. The van der Waals surface area contributed by atoms with Gasteiger partial charge in [-0.1, -0.05) is 0 Å². The first kappa shape index (κ1) is 7.53. The molecule has 58 valence electrons. The van der Waals surface area contributed by atoms with Crippen LogP contribution in [0.15, 0.2) is 17.1 Å². The fourth-order valence-corrected chi connectivity index (χ4v) is 0.667. The molecule has 1 rings (SSSR count). The molecule has 0 aliphatic heterocycles. The number of H-pyrrole nitrogens is 1. The van der Waals surface area contributed by atoms with Crippen LogP contribution in [0.2, 0.25) is 0 Å². The summed E-state index contributed by atoms with van der Waals surface area (Å²) in [6.45, 7) is 1.62. The van der Waals surface area contributed by atoms with Gasteiger partial charge in [0.15, 0.2) is 5.43 Å². The molecule has 4 heteroatoms. The van der Waals surface area contributed by atoms with Gasteiger partial charge in [-0.05, 0) is 6.92 Å². The lowest BCUT2D eigenvalue weighted by Gasteiger charge is -1.93. The van der Waals surface area contributed by atoms with Gasteiger partial charge in [-0.15, -0.1) is 0 Å². The summed E-state index contributed by atoms with van der Waals surface area (Å²) >= 11 is 0. The smallest absolute Gasteiger partial charge is 0.352 e. The molecule has 0 aromatic carbocycles. The standard InChI is InChI=1S/C7H7NO3/c1-4-3-8-5(7(10)11)2-6(4)9/h2-3H,1H3,(H,8,9)(H,10,11). The molecule has 0 spiro atoms. The summed E-state index contributed by atoms with van der Waals surface area (Å²) in [7, 11) is 0. The third-order valence-corrected chi connectivity index (χ3v) is 1.34. The second-order valence-electron chi connectivity index (χ2n) is 2.20. The lowest BCUT2D eigenvalue weighted by atomic mass is 10.2. The van der Waals surface area contributed by atoms with E-state index in [0.29, 0.717) is 5.56 Å². The number of aromatic nitrogens is 1. The first-order chi connectivity index (χ1) is 5.11. The molecule has 0 saturated carbocycles. The number of nitrogens with one attached hydrogen (secondary N) is 1. The fourth-order valence-electron chi connectivity index (χ4n) is 0.667. The van der Waals surface area contributed by atoms with Crippen LogP contribution in [0.3, 0.4) is 0 Å². The van der Waals surface area contributed by atoms with Gasteiger partial charge in [0.2, 0.25) is 0 Å². The molecule has 1 aromatic rings. The van der Waals surface area contributed by atoms with Crippen LogP contribution in [0.1, 0.15) is 16.1 Å². The maximum Gasteiger partial charge on any atom is 0.352 e. The molecule has 0 saturated heterocycles. The third kappa shape index (κ3) is 1.46. The zero-order valence-corrected chi connectivity index (χ0v) is 5.92. The summed E-state index contributed by atoms with van der Waals surface area (Å²) in [4.78, 5) is 23.6. The quantitative estimate of drug-likeness (QED) is 0.612. The number of pyridine rings is 1. The van der Waals surface area contributed by atoms with Gasteiger partial charge in [0, 0.05) is 17.8 Å². The van der Waals surface area contributed by atoms with E-state index in [1.165, 1.54) is 6.20 Å². The minimum absolute atomic E-state index is 0.0828. The predicted molar refractivity (Wildman–Crippen MR) is 38.8 cm³/mol. The van der Waals surface area contributed by atoms with E-state index < -0.39 is 5.97 Å². The number of aryl methyl sites for hydroxylation is 1. The van der Waals surface area contributed by atoms with E-state index in [2.05, 4.69) is 4.98 Å². The van der Waals surface area contributed by atoms with E-state index in [-0.39, 0.29) is 11.1 Å². The van der Waals surface area contributed by atoms with Crippen molar-refractivity contribution in [2.75, 3.05) is 0 Å². The molecule has 0 aliphatic rings. The summed E-state index contributed by atoms with van der Waals surface area (Å²) in [5.41, 5.74) is 0.164. The van der Waals surface area contributed by atoms with Crippen LogP contribution in [0, 0.1) is 6.92 Å². The predicted octanol–water partition coefficient (Wildman–Crippen LogP) is 0.382. The Morgan fingerprint density at radius 2 is 2.27 bits per heavy atom. The molecule has 0 unspecified atom stereocenters. The Morgan fingerprint density at radius 3 is 2.73 bits per heavy atom. The summed E-state index contributed by atoms with van der Waals surface area (Å²) in [6, 6.07) is 1.07. The van der Waals surface area contributed by atoms with Gasteiger partial charge in [-0.2, -0.15) is 0 Å². The highest BCUT2D eigenvalue weighted by Crippen LogP contribution is 1.90. The molecular weight excluding hydrogens is 146 g/mol. The molecule has 0 atom stereocenters. The second-order valence-corrected chi connectivity index (χ2v) is 2.20. The zero-order valence-electron chi connectivity index (χ0n) is 5.92. The Bertz CT molecular complexity index is 340.